The number of amides is 2. The van der Waals surface area contributed by atoms with Crippen LogP contribution in [-0.4, -0.2) is 24.5 Å². The SMILES string of the molecule is O=C(COc1ccc(NC(=O)c2ccco2)cc1)NC1CCCCCCC1. The van der Waals surface area contributed by atoms with Gasteiger partial charge in [-0.25, -0.2) is 0 Å². The normalized spacial score (nSPS) is 15.4. The number of hydrogen-bond donors (Lipinski definition) is 2. The molecule has 1 heterocycles. The number of furan rings is 1. The molecule has 1 aliphatic rings. The number of benzene rings is 1. The molecule has 0 bridgehead atoms. The van der Waals surface area contributed by atoms with Gasteiger partial charge in [0.15, 0.2) is 12.4 Å². The Morgan fingerprint density at radius 1 is 1.00 bits per heavy atom. The van der Waals surface area contributed by atoms with E-state index >= 15 is 0 Å². The topological polar surface area (TPSA) is 80.6 Å². The van der Waals surface area contributed by atoms with Crippen molar-refractivity contribution in [1.82, 2.24) is 5.32 Å². The van der Waals surface area contributed by atoms with Crippen LogP contribution in [0.2, 0.25) is 0 Å². The number of nitrogens with one attached hydrogen (secondary N) is 2. The van der Waals surface area contributed by atoms with Crippen molar-refractivity contribution >= 4 is 17.5 Å². The molecule has 27 heavy (non-hydrogen) atoms. The summed E-state index contributed by atoms with van der Waals surface area (Å²) in [6, 6.07) is 10.4. The van der Waals surface area contributed by atoms with Gasteiger partial charge in [-0.3, -0.25) is 9.59 Å². The van der Waals surface area contributed by atoms with Gasteiger partial charge in [-0.15, -0.1) is 0 Å². The zero-order valence-corrected chi connectivity index (χ0v) is 15.4. The fourth-order valence-corrected chi connectivity index (χ4v) is 3.25. The molecule has 1 aromatic carbocycles. The molecular formula is C21H26N2O4. The van der Waals surface area contributed by atoms with E-state index in [0.29, 0.717) is 11.4 Å². The van der Waals surface area contributed by atoms with Crippen molar-refractivity contribution in [1.29, 1.82) is 0 Å². The quantitative estimate of drug-likeness (QED) is 0.801. The van der Waals surface area contributed by atoms with Gasteiger partial charge < -0.3 is 19.8 Å². The van der Waals surface area contributed by atoms with Crippen LogP contribution >= 0.6 is 0 Å². The summed E-state index contributed by atoms with van der Waals surface area (Å²) < 4.78 is 10.6. The van der Waals surface area contributed by atoms with Crippen molar-refractivity contribution in [3.8, 4) is 5.75 Å². The molecule has 2 amide bonds. The number of carbonyl (C=O) groups is 2. The highest BCUT2D eigenvalue weighted by Crippen LogP contribution is 2.18. The molecule has 0 unspecified atom stereocenters. The second-order valence-corrected chi connectivity index (χ2v) is 6.85. The Morgan fingerprint density at radius 3 is 2.37 bits per heavy atom. The molecule has 1 aromatic heterocycles. The Labute approximate surface area is 159 Å². The van der Waals surface area contributed by atoms with Gasteiger partial charge in [0.05, 0.1) is 6.26 Å². The van der Waals surface area contributed by atoms with E-state index in [4.69, 9.17) is 9.15 Å². The second-order valence-electron chi connectivity index (χ2n) is 6.85. The van der Waals surface area contributed by atoms with Crippen molar-refractivity contribution in [3.63, 3.8) is 0 Å². The molecule has 2 aromatic rings. The Morgan fingerprint density at radius 2 is 1.70 bits per heavy atom. The minimum atomic E-state index is -0.313. The molecule has 0 radical (unpaired) electrons. The Bertz CT molecular complexity index is 717. The molecular weight excluding hydrogens is 344 g/mol. The molecule has 6 heteroatoms. The van der Waals surface area contributed by atoms with Gasteiger partial charge in [-0.05, 0) is 49.2 Å². The lowest BCUT2D eigenvalue weighted by atomic mass is 9.97. The lowest BCUT2D eigenvalue weighted by molar-refractivity contribution is -0.123. The molecule has 0 aliphatic heterocycles. The first kappa shape index (κ1) is 19.0. The molecule has 0 atom stereocenters. The highest BCUT2D eigenvalue weighted by molar-refractivity contribution is 6.02. The number of hydrogen-bond acceptors (Lipinski definition) is 4. The van der Waals surface area contributed by atoms with Crippen molar-refractivity contribution in [2.75, 3.05) is 11.9 Å². The van der Waals surface area contributed by atoms with Gasteiger partial charge in [0.25, 0.3) is 11.8 Å². The molecule has 6 nitrogen and oxygen atoms in total. The summed E-state index contributed by atoms with van der Waals surface area (Å²) in [5.74, 6) is 0.433. The monoisotopic (exact) mass is 370 g/mol. The van der Waals surface area contributed by atoms with Crippen molar-refractivity contribution < 1.29 is 18.7 Å². The molecule has 1 aliphatic carbocycles. The van der Waals surface area contributed by atoms with E-state index < -0.39 is 0 Å². The van der Waals surface area contributed by atoms with E-state index in [1.807, 2.05) is 0 Å². The van der Waals surface area contributed by atoms with E-state index in [9.17, 15) is 9.59 Å². The number of ether oxygens (including phenoxy) is 1. The lowest BCUT2D eigenvalue weighted by Crippen LogP contribution is -2.38. The van der Waals surface area contributed by atoms with Crippen LogP contribution in [0.5, 0.6) is 5.75 Å². The minimum Gasteiger partial charge on any atom is -0.484 e. The van der Waals surface area contributed by atoms with Crippen LogP contribution in [0, 0.1) is 0 Å². The van der Waals surface area contributed by atoms with Crippen LogP contribution in [0.4, 0.5) is 5.69 Å². The molecule has 144 valence electrons. The summed E-state index contributed by atoms with van der Waals surface area (Å²) in [5, 5.41) is 5.81. The first-order chi connectivity index (χ1) is 13.2. The Kier molecular flexibility index (Phi) is 6.90. The summed E-state index contributed by atoms with van der Waals surface area (Å²) in [6.45, 7) is -0.00536. The smallest absolute Gasteiger partial charge is 0.291 e. The van der Waals surface area contributed by atoms with Crippen LogP contribution < -0.4 is 15.4 Å². The highest BCUT2D eigenvalue weighted by atomic mass is 16.5. The third kappa shape index (κ3) is 6.16. The Hall–Kier alpha value is -2.76. The fraction of sp³-hybridized carbons (Fsp3) is 0.429. The van der Waals surface area contributed by atoms with E-state index in [1.54, 1.807) is 36.4 Å². The summed E-state index contributed by atoms with van der Waals surface area (Å²) in [5.41, 5.74) is 0.628. The molecule has 0 saturated heterocycles. The van der Waals surface area contributed by atoms with Crippen molar-refractivity contribution in [2.45, 2.75) is 51.0 Å². The predicted octanol–water partition coefficient (Wildman–Crippen LogP) is 4.14. The second kappa shape index (κ2) is 9.80. The van der Waals surface area contributed by atoms with E-state index in [2.05, 4.69) is 10.6 Å². The zero-order valence-electron chi connectivity index (χ0n) is 15.4. The summed E-state index contributed by atoms with van der Waals surface area (Å²) in [4.78, 5) is 24.0. The fourth-order valence-electron chi connectivity index (χ4n) is 3.25. The summed E-state index contributed by atoms with van der Waals surface area (Å²) in [7, 11) is 0. The summed E-state index contributed by atoms with van der Waals surface area (Å²) >= 11 is 0. The van der Waals surface area contributed by atoms with Crippen molar-refractivity contribution in [2.24, 2.45) is 0 Å². The van der Waals surface area contributed by atoms with Crippen LogP contribution in [0.3, 0.4) is 0 Å². The largest absolute Gasteiger partial charge is 0.484 e. The molecule has 2 N–H and O–H groups in total. The van der Waals surface area contributed by atoms with Gasteiger partial charge in [0.2, 0.25) is 0 Å². The average Bonchev–Trinajstić information content (AvgIpc) is 3.18. The van der Waals surface area contributed by atoms with E-state index in [0.717, 1.165) is 12.8 Å². The van der Waals surface area contributed by atoms with E-state index in [1.165, 1.54) is 38.4 Å². The van der Waals surface area contributed by atoms with Gasteiger partial charge >= 0.3 is 0 Å². The maximum absolute atomic E-state index is 12.1. The lowest BCUT2D eigenvalue weighted by Gasteiger charge is -2.21. The minimum absolute atomic E-state index is 0.00536. The van der Waals surface area contributed by atoms with Gasteiger partial charge in [0, 0.05) is 11.7 Å². The number of rotatable bonds is 6. The molecule has 1 fully saturated rings. The maximum Gasteiger partial charge on any atom is 0.291 e. The molecule has 0 spiro atoms. The predicted molar refractivity (Wildman–Crippen MR) is 103 cm³/mol. The third-order valence-corrected chi connectivity index (χ3v) is 4.70. The third-order valence-electron chi connectivity index (χ3n) is 4.70. The first-order valence-corrected chi connectivity index (χ1v) is 9.58. The highest BCUT2D eigenvalue weighted by Gasteiger charge is 2.14. The first-order valence-electron chi connectivity index (χ1n) is 9.58. The number of carbonyl (C=O) groups excluding carboxylic acids is 2. The van der Waals surface area contributed by atoms with Crippen LogP contribution in [0.15, 0.2) is 47.1 Å². The molecule has 1 saturated carbocycles. The average molecular weight is 370 g/mol. The van der Waals surface area contributed by atoms with Crippen molar-refractivity contribution in [3.05, 3.63) is 48.4 Å². The number of anilines is 1. The van der Waals surface area contributed by atoms with Crippen LogP contribution in [-0.2, 0) is 4.79 Å². The summed E-state index contributed by atoms with van der Waals surface area (Å²) in [6.07, 6.45) is 9.73. The van der Waals surface area contributed by atoms with Gasteiger partial charge in [0.1, 0.15) is 5.75 Å². The standard InChI is InChI=1S/C21H26N2O4/c24-20(22-16-7-4-2-1-3-5-8-16)15-27-18-12-10-17(11-13-18)23-21(25)19-9-6-14-26-19/h6,9-14,16H,1-5,7-8,15H2,(H,22,24)(H,23,25). The maximum atomic E-state index is 12.1. The zero-order chi connectivity index (χ0) is 18.9. The van der Waals surface area contributed by atoms with Gasteiger partial charge in [-0.1, -0.05) is 32.1 Å². The van der Waals surface area contributed by atoms with E-state index in [-0.39, 0.29) is 30.2 Å². The van der Waals surface area contributed by atoms with Crippen LogP contribution in [0.25, 0.3) is 0 Å². The Balaban J connectivity index is 1.42. The molecule has 3 rings (SSSR count). The van der Waals surface area contributed by atoms with Gasteiger partial charge in [-0.2, -0.15) is 0 Å². The van der Waals surface area contributed by atoms with Crippen LogP contribution in [0.1, 0.15) is 55.5 Å².